The van der Waals surface area contributed by atoms with Gasteiger partial charge in [0, 0.05) is 11.3 Å². The number of Topliss-reactive ketones (excluding diaryl/α,β-unsaturated/α-hetero) is 1. The number of amides is 1. The monoisotopic (exact) mass is 577 g/mol. The van der Waals surface area contributed by atoms with E-state index in [1.807, 2.05) is 0 Å². The lowest BCUT2D eigenvalue weighted by Gasteiger charge is -2.23. The van der Waals surface area contributed by atoms with Crippen LogP contribution in [0.4, 0.5) is 13.9 Å². The Morgan fingerprint density at radius 3 is 2.45 bits per heavy atom. The SMILES string of the molecule is C=CCOc1cccc(C2/C(=C(\O)c3ccc(F)cc3)C(=O)C(=O)N2c2nnc(SCc3ccc(F)cc3)s2)c1. The van der Waals surface area contributed by atoms with Crippen molar-refractivity contribution in [1.29, 1.82) is 0 Å². The highest BCUT2D eigenvalue weighted by Gasteiger charge is 2.48. The number of carbonyl (C=O) groups is 2. The van der Waals surface area contributed by atoms with Crippen molar-refractivity contribution in [2.45, 2.75) is 16.1 Å². The number of aliphatic hydroxyl groups excluding tert-OH is 1. The molecule has 1 aliphatic heterocycles. The topological polar surface area (TPSA) is 92.6 Å². The van der Waals surface area contributed by atoms with Crippen molar-refractivity contribution in [1.82, 2.24) is 10.2 Å². The van der Waals surface area contributed by atoms with E-state index < -0.39 is 29.3 Å². The van der Waals surface area contributed by atoms with E-state index >= 15 is 0 Å². The molecule has 202 valence electrons. The van der Waals surface area contributed by atoms with Crippen LogP contribution in [0.3, 0.4) is 0 Å². The van der Waals surface area contributed by atoms with E-state index in [0.29, 0.717) is 21.4 Å². The second-order valence-electron chi connectivity index (χ2n) is 8.61. The van der Waals surface area contributed by atoms with Crippen LogP contribution in [-0.4, -0.2) is 33.6 Å². The molecule has 0 radical (unpaired) electrons. The molecule has 0 aliphatic carbocycles. The molecule has 1 N–H and O–H groups in total. The Hall–Kier alpha value is -4.35. The average Bonchev–Trinajstić information content (AvgIpc) is 3.53. The molecule has 7 nitrogen and oxygen atoms in total. The Bertz CT molecular complexity index is 1600. The predicted molar refractivity (Wildman–Crippen MR) is 149 cm³/mol. The lowest BCUT2D eigenvalue weighted by molar-refractivity contribution is -0.132. The molecule has 5 rings (SSSR count). The van der Waals surface area contributed by atoms with Crippen LogP contribution in [0.5, 0.6) is 5.75 Å². The van der Waals surface area contributed by atoms with Gasteiger partial charge in [0.05, 0.1) is 11.6 Å². The van der Waals surface area contributed by atoms with Crippen molar-refractivity contribution in [2.75, 3.05) is 11.5 Å². The fraction of sp³-hybridized carbons (Fsp3) is 0.103. The molecule has 1 saturated heterocycles. The van der Waals surface area contributed by atoms with Crippen LogP contribution in [-0.2, 0) is 15.3 Å². The maximum atomic E-state index is 13.5. The number of hydrogen-bond donors (Lipinski definition) is 1. The van der Waals surface area contributed by atoms with Gasteiger partial charge in [-0.15, -0.1) is 10.2 Å². The number of nitrogens with zero attached hydrogens (tertiary/aromatic N) is 3. The van der Waals surface area contributed by atoms with Crippen LogP contribution < -0.4 is 9.64 Å². The number of thioether (sulfide) groups is 1. The van der Waals surface area contributed by atoms with Gasteiger partial charge in [-0.2, -0.15) is 0 Å². The quantitative estimate of drug-likeness (QED) is 0.0623. The van der Waals surface area contributed by atoms with E-state index in [1.54, 1.807) is 42.5 Å². The number of hydrogen-bond acceptors (Lipinski definition) is 8. The molecule has 1 aliphatic rings. The first kappa shape index (κ1) is 27.2. The number of benzene rings is 3. The van der Waals surface area contributed by atoms with Gasteiger partial charge in [-0.1, -0.05) is 60.0 Å². The smallest absolute Gasteiger partial charge is 0.301 e. The summed E-state index contributed by atoms with van der Waals surface area (Å²) in [6.45, 7) is 3.88. The molecule has 3 aromatic carbocycles. The number of halogens is 2. The number of carbonyl (C=O) groups excluding carboxylic acids is 2. The van der Waals surface area contributed by atoms with Crippen LogP contribution in [0.2, 0.25) is 0 Å². The molecule has 40 heavy (non-hydrogen) atoms. The molecule has 2 heterocycles. The van der Waals surface area contributed by atoms with Crippen molar-refractivity contribution in [3.05, 3.63) is 119 Å². The van der Waals surface area contributed by atoms with Gasteiger partial charge in [-0.3, -0.25) is 14.5 Å². The highest BCUT2D eigenvalue weighted by molar-refractivity contribution is 8.00. The van der Waals surface area contributed by atoms with Crippen LogP contribution in [0, 0.1) is 11.6 Å². The molecule has 1 aromatic heterocycles. The number of anilines is 1. The summed E-state index contributed by atoms with van der Waals surface area (Å²) >= 11 is 2.46. The van der Waals surface area contributed by atoms with Crippen LogP contribution in [0.1, 0.15) is 22.7 Å². The van der Waals surface area contributed by atoms with Crippen LogP contribution >= 0.6 is 23.1 Å². The van der Waals surface area contributed by atoms with Gasteiger partial charge >= 0.3 is 5.91 Å². The van der Waals surface area contributed by atoms with Gasteiger partial charge in [0.15, 0.2) is 4.34 Å². The fourth-order valence-corrected chi connectivity index (χ4v) is 5.95. The zero-order valence-corrected chi connectivity index (χ0v) is 22.4. The molecular weight excluding hydrogens is 556 g/mol. The predicted octanol–water partition coefficient (Wildman–Crippen LogP) is 6.30. The van der Waals surface area contributed by atoms with Gasteiger partial charge in [0.2, 0.25) is 5.13 Å². The highest BCUT2D eigenvalue weighted by atomic mass is 32.2. The van der Waals surface area contributed by atoms with Crippen LogP contribution in [0.15, 0.2) is 95.4 Å². The second-order valence-corrected chi connectivity index (χ2v) is 10.8. The van der Waals surface area contributed by atoms with Gasteiger partial charge in [0.1, 0.15) is 29.8 Å². The lowest BCUT2D eigenvalue weighted by Crippen LogP contribution is -2.29. The van der Waals surface area contributed by atoms with E-state index in [4.69, 9.17) is 4.74 Å². The van der Waals surface area contributed by atoms with Gasteiger partial charge < -0.3 is 9.84 Å². The molecular formula is C29H21F2N3O4S2. The van der Waals surface area contributed by atoms with E-state index in [-0.39, 0.29) is 28.7 Å². The summed E-state index contributed by atoms with van der Waals surface area (Å²) < 4.78 is 33.0. The van der Waals surface area contributed by atoms with E-state index in [1.165, 1.54) is 40.9 Å². The maximum absolute atomic E-state index is 13.5. The van der Waals surface area contributed by atoms with Crippen molar-refractivity contribution in [2.24, 2.45) is 0 Å². The lowest BCUT2D eigenvalue weighted by atomic mass is 9.95. The zero-order chi connectivity index (χ0) is 28.2. The average molecular weight is 578 g/mol. The number of aliphatic hydroxyl groups is 1. The Morgan fingerprint density at radius 2 is 1.75 bits per heavy atom. The summed E-state index contributed by atoms with van der Waals surface area (Å²) in [6, 6.07) is 16.8. The molecule has 1 amide bonds. The van der Waals surface area contributed by atoms with Gasteiger partial charge in [-0.05, 0) is 59.7 Å². The summed E-state index contributed by atoms with van der Waals surface area (Å²) in [6.07, 6.45) is 1.58. The van der Waals surface area contributed by atoms with Gasteiger partial charge in [0.25, 0.3) is 5.78 Å². The number of ketones is 1. The van der Waals surface area contributed by atoms with Crippen molar-refractivity contribution >= 4 is 45.7 Å². The number of aromatic nitrogens is 2. The molecule has 0 bridgehead atoms. The van der Waals surface area contributed by atoms with E-state index in [0.717, 1.165) is 29.0 Å². The highest BCUT2D eigenvalue weighted by Crippen LogP contribution is 2.44. The van der Waals surface area contributed by atoms with Crippen molar-refractivity contribution < 1.29 is 28.2 Å². The van der Waals surface area contributed by atoms with Crippen LogP contribution in [0.25, 0.3) is 5.76 Å². The Kier molecular flexibility index (Phi) is 8.04. The first-order valence-corrected chi connectivity index (χ1v) is 13.8. The van der Waals surface area contributed by atoms with E-state index in [9.17, 15) is 23.5 Å². The summed E-state index contributed by atoms with van der Waals surface area (Å²) in [5, 5.41) is 19.7. The first-order valence-electron chi connectivity index (χ1n) is 12.0. The third-order valence-electron chi connectivity index (χ3n) is 5.98. The van der Waals surface area contributed by atoms with Crippen molar-refractivity contribution in [3.8, 4) is 5.75 Å². The molecule has 11 heteroatoms. The maximum Gasteiger partial charge on any atom is 0.301 e. The third kappa shape index (κ3) is 5.65. The standard InChI is InChI=1S/C29H21F2N3O4S2/c1-2-14-38-22-5-3-4-19(15-22)24-23(25(35)18-8-12-21(31)13-9-18)26(36)27(37)34(24)28-32-33-29(40-28)39-16-17-6-10-20(30)11-7-17/h2-13,15,24,35H,1,14,16H2/b25-23+. The first-order chi connectivity index (χ1) is 19.4. The van der Waals surface area contributed by atoms with Crippen molar-refractivity contribution in [3.63, 3.8) is 0 Å². The summed E-state index contributed by atoms with van der Waals surface area (Å²) in [4.78, 5) is 27.9. The zero-order valence-electron chi connectivity index (χ0n) is 20.8. The third-order valence-corrected chi connectivity index (χ3v) is 8.11. The Balaban J connectivity index is 1.54. The summed E-state index contributed by atoms with van der Waals surface area (Å²) in [5.41, 5.74) is 1.36. The Labute approximate surface area is 236 Å². The summed E-state index contributed by atoms with van der Waals surface area (Å²) in [5.74, 6) is -2.14. The molecule has 1 atom stereocenters. The molecule has 0 spiro atoms. The summed E-state index contributed by atoms with van der Waals surface area (Å²) in [7, 11) is 0. The second kappa shape index (κ2) is 11.8. The largest absolute Gasteiger partial charge is 0.507 e. The molecule has 0 saturated carbocycles. The fourth-order valence-electron chi connectivity index (χ4n) is 4.12. The van der Waals surface area contributed by atoms with E-state index in [2.05, 4.69) is 16.8 Å². The minimum absolute atomic E-state index is 0.157. The van der Waals surface area contributed by atoms with Gasteiger partial charge in [-0.25, -0.2) is 8.78 Å². The number of ether oxygens (including phenoxy) is 1. The minimum Gasteiger partial charge on any atom is -0.507 e. The molecule has 1 unspecified atom stereocenters. The normalized spacial score (nSPS) is 16.4. The molecule has 1 fully saturated rings. The minimum atomic E-state index is -1.06. The number of rotatable bonds is 9. The molecule has 4 aromatic rings. The Morgan fingerprint density at radius 1 is 1.05 bits per heavy atom.